The Morgan fingerprint density at radius 1 is 1.29 bits per heavy atom. The molecule has 0 aliphatic rings. The van der Waals surface area contributed by atoms with Gasteiger partial charge in [-0.2, -0.15) is 0 Å². The van der Waals surface area contributed by atoms with E-state index in [9.17, 15) is 9.59 Å². The fraction of sp³-hybridized carbons (Fsp3) is 0.0909. The predicted molar refractivity (Wildman–Crippen MR) is 52.6 cm³/mol. The SMILES string of the molecule is Cc1ccc2oc(C=O)cc(=O)c2c1. The second-order valence-electron chi connectivity index (χ2n) is 3.13. The molecule has 0 atom stereocenters. The van der Waals surface area contributed by atoms with E-state index in [0.29, 0.717) is 17.3 Å². The third-order valence-corrected chi connectivity index (χ3v) is 2.02. The van der Waals surface area contributed by atoms with Crippen molar-refractivity contribution in [1.82, 2.24) is 0 Å². The average Bonchev–Trinajstić information content (AvgIpc) is 2.19. The second kappa shape index (κ2) is 3.10. The number of rotatable bonds is 1. The van der Waals surface area contributed by atoms with Gasteiger partial charge in [0.15, 0.2) is 17.5 Å². The van der Waals surface area contributed by atoms with Gasteiger partial charge in [-0.05, 0) is 19.1 Å². The van der Waals surface area contributed by atoms with Crippen LogP contribution in [0.2, 0.25) is 0 Å². The van der Waals surface area contributed by atoms with E-state index in [1.54, 1.807) is 12.1 Å². The van der Waals surface area contributed by atoms with Crippen molar-refractivity contribution in [3.63, 3.8) is 0 Å². The molecule has 0 saturated carbocycles. The monoisotopic (exact) mass is 188 g/mol. The van der Waals surface area contributed by atoms with E-state index < -0.39 is 0 Å². The van der Waals surface area contributed by atoms with Gasteiger partial charge in [0.1, 0.15) is 5.58 Å². The molecular formula is C11H8O3. The molecule has 1 aromatic carbocycles. The molecule has 0 spiro atoms. The van der Waals surface area contributed by atoms with Crippen LogP contribution in [-0.4, -0.2) is 6.29 Å². The molecule has 2 aromatic rings. The Labute approximate surface area is 80.0 Å². The number of aldehydes is 1. The van der Waals surface area contributed by atoms with Gasteiger partial charge in [-0.1, -0.05) is 11.6 Å². The summed E-state index contributed by atoms with van der Waals surface area (Å²) in [5.41, 5.74) is 1.26. The lowest BCUT2D eigenvalue weighted by Gasteiger charge is -1.98. The smallest absolute Gasteiger partial charge is 0.193 e. The van der Waals surface area contributed by atoms with E-state index in [4.69, 9.17) is 4.42 Å². The summed E-state index contributed by atoms with van der Waals surface area (Å²) >= 11 is 0. The summed E-state index contributed by atoms with van der Waals surface area (Å²) in [5.74, 6) is 0.0614. The molecule has 1 heterocycles. The van der Waals surface area contributed by atoms with Gasteiger partial charge in [0.05, 0.1) is 5.39 Å². The molecule has 2 rings (SSSR count). The summed E-state index contributed by atoms with van der Waals surface area (Å²) in [7, 11) is 0. The van der Waals surface area contributed by atoms with Crippen LogP contribution < -0.4 is 5.43 Å². The quantitative estimate of drug-likeness (QED) is 0.642. The number of carbonyl (C=O) groups is 1. The van der Waals surface area contributed by atoms with E-state index in [2.05, 4.69) is 0 Å². The molecule has 0 unspecified atom stereocenters. The van der Waals surface area contributed by atoms with Crippen LogP contribution in [-0.2, 0) is 0 Å². The molecule has 1 aromatic heterocycles. The number of hydrogen-bond donors (Lipinski definition) is 0. The van der Waals surface area contributed by atoms with Crippen molar-refractivity contribution in [2.24, 2.45) is 0 Å². The summed E-state index contributed by atoms with van der Waals surface area (Å²) in [6.45, 7) is 1.90. The van der Waals surface area contributed by atoms with Gasteiger partial charge >= 0.3 is 0 Å². The number of aryl methyl sites for hydroxylation is 1. The average molecular weight is 188 g/mol. The van der Waals surface area contributed by atoms with Gasteiger partial charge in [0, 0.05) is 6.07 Å². The van der Waals surface area contributed by atoms with Crippen molar-refractivity contribution in [3.05, 3.63) is 45.8 Å². The first kappa shape index (κ1) is 8.69. The number of carbonyl (C=O) groups excluding carboxylic acids is 1. The molecule has 0 aliphatic carbocycles. The lowest BCUT2D eigenvalue weighted by molar-refractivity contribution is 0.110. The minimum atomic E-state index is -0.183. The minimum Gasteiger partial charge on any atom is -0.453 e. The maximum Gasteiger partial charge on any atom is 0.193 e. The van der Waals surface area contributed by atoms with Crippen LogP contribution in [0.25, 0.3) is 11.0 Å². The molecule has 3 nitrogen and oxygen atoms in total. The molecule has 0 saturated heterocycles. The molecule has 0 fully saturated rings. The fourth-order valence-corrected chi connectivity index (χ4v) is 1.35. The molecular weight excluding hydrogens is 180 g/mol. The molecule has 14 heavy (non-hydrogen) atoms. The van der Waals surface area contributed by atoms with Crippen LogP contribution in [0.4, 0.5) is 0 Å². The Balaban J connectivity index is 2.90. The lowest BCUT2D eigenvalue weighted by Crippen LogP contribution is -2.01. The van der Waals surface area contributed by atoms with Crippen molar-refractivity contribution in [2.75, 3.05) is 0 Å². The maximum absolute atomic E-state index is 11.5. The zero-order valence-corrected chi connectivity index (χ0v) is 7.61. The van der Waals surface area contributed by atoms with E-state index in [-0.39, 0.29) is 11.2 Å². The highest BCUT2D eigenvalue weighted by atomic mass is 16.3. The topological polar surface area (TPSA) is 47.3 Å². The van der Waals surface area contributed by atoms with Gasteiger partial charge in [-0.25, -0.2) is 0 Å². The van der Waals surface area contributed by atoms with Crippen LogP contribution in [0, 0.1) is 6.92 Å². The van der Waals surface area contributed by atoms with Gasteiger partial charge in [-0.3, -0.25) is 9.59 Å². The largest absolute Gasteiger partial charge is 0.453 e. The van der Waals surface area contributed by atoms with E-state index in [1.165, 1.54) is 6.07 Å². The summed E-state index contributed by atoms with van der Waals surface area (Å²) in [5, 5.41) is 0.510. The van der Waals surface area contributed by atoms with Crippen molar-refractivity contribution >= 4 is 17.3 Å². The lowest BCUT2D eigenvalue weighted by atomic mass is 10.1. The zero-order chi connectivity index (χ0) is 10.1. The van der Waals surface area contributed by atoms with Crippen LogP contribution in [0.1, 0.15) is 16.1 Å². The summed E-state index contributed by atoms with van der Waals surface area (Å²) in [6, 6.07) is 6.48. The van der Waals surface area contributed by atoms with Crippen molar-refractivity contribution < 1.29 is 9.21 Å². The summed E-state index contributed by atoms with van der Waals surface area (Å²) < 4.78 is 5.18. The molecule has 0 amide bonds. The number of fused-ring (bicyclic) bond motifs is 1. The van der Waals surface area contributed by atoms with Crippen LogP contribution in [0.5, 0.6) is 0 Å². The van der Waals surface area contributed by atoms with E-state index in [1.807, 2.05) is 13.0 Å². The highest BCUT2D eigenvalue weighted by Gasteiger charge is 2.03. The highest BCUT2D eigenvalue weighted by Crippen LogP contribution is 2.12. The molecule has 0 N–H and O–H groups in total. The number of benzene rings is 1. The van der Waals surface area contributed by atoms with Crippen molar-refractivity contribution in [2.45, 2.75) is 6.92 Å². The van der Waals surface area contributed by atoms with Gasteiger partial charge in [-0.15, -0.1) is 0 Å². The van der Waals surface area contributed by atoms with Crippen LogP contribution in [0.15, 0.2) is 33.5 Å². The van der Waals surface area contributed by atoms with Gasteiger partial charge in [0.25, 0.3) is 0 Å². The Morgan fingerprint density at radius 2 is 2.07 bits per heavy atom. The van der Waals surface area contributed by atoms with E-state index in [0.717, 1.165) is 5.56 Å². The molecule has 0 radical (unpaired) electrons. The van der Waals surface area contributed by atoms with Gasteiger partial charge in [0.2, 0.25) is 0 Å². The normalized spacial score (nSPS) is 10.4. The Kier molecular flexibility index (Phi) is 1.93. The summed E-state index contributed by atoms with van der Waals surface area (Å²) in [4.78, 5) is 21.9. The third kappa shape index (κ3) is 1.33. The van der Waals surface area contributed by atoms with Crippen molar-refractivity contribution in [3.8, 4) is 0 Å². The Bertz CT molecular complexity index is 552. The Hall–Kier alpha value is -1.90. The standard InChI is InChI=1S/C11H8O3/c1-7-2-3-11-9(4-7)10(13)5-8(6-12)14-11/h2-6H,1H3. The molecule has 70 valence electrons. The van der Waals surface area contributed by atoms with Crippen LogP contribution in [0.3, 0.4) is 0 Å². The predicted octanol–water partition coefficient (Wildman–Crippen LogP) is 1.91. The highest BCUT2D eigenvalue weighted by molar-refractivity contribution is 5.80. The fourth-order valence-electron chi connectivity index (χ4n) is 1.35. The zero-order valence-electron chi connectivity index (χ0n) is 7.61. The van der Waals surface area contributed by atoms with E-state index >= 15 is 0 Å². The minimum absolute atomic E-state index is 0.0614. The first-order valence-electron chi connectivity index (χ1n) is 4.20. The first-order chi connectivity index (χ1) is 6.70. The summed E-state index contributed by atoms with van der Waals surface area (Å²) in [6.07, 6.45) is 0.528. The third-order valence-electron chi connectivity index (χ3n) is 2.02. The number of hydrogen-bond acceptors (Lipinski definition) is 3. The first-order valence-corrected chi connectivity index (χ1v) is 4.20. The molecule has 3 heteroatoms. The van der Waals surface area contributed by atoms with Crippen LogP contribution >= 0.6 is 0 Å². The second-order valence-corrected chi connectivity index (χ2v) is 3.13. The molecule has 0 bridgehead atoms. The maximum atomic E-state index is 11.5. The Morgan fingerprint density at radius 3 is 2.79 bits per heavy atom. The van der Waals surface area contributed by atoms with Gasteiger partial charge < -0.3 is 4.42 Å². The molecule has 0 aliphatic heterocycles. The van der Waals surface area contributed by atoms with Crippen molar-refractivity contribution in [1.29, 1.82) is 0 Å².